The van der Waals surface area contributed by atoms with Crippen LogP contribution in [0.1, 0.15) is 72.1 Å². The molecule has 0 bridgehead atoms. The molecule has 0 N–H and O–H groups in total. The lowest BCUT2D eigenvalue weighted by Crippen LogP contribution is -2.43. The maximum atomic E-state index is 12.2. The summed E-state index contributed by atoms with van der Waals surface area (Å²) < 4.78 is 59.0. The summed E-state index contributed by atoms with van der Waals surface area (Å²) in [5.41, 5.74) is 4.39. The zero-order valence-electron chi connectivity index (χ0n) is 30.8. The second-order valence-corrected chi connectivity index (χ2v) is 31.1. The van der Waals surface area contributed by atoms with Gasteiger partial charge in [-0.3, -0.25) is 4.31 Å². The normalized spacial score (nSPS) is 12.6. The van der Waals surface area contributed by atoms with E-state index in [9.17, 15) is 16.8 Å². The maximum Gasteiger partial charge on any atom is 0.232 e. The number of nitrogens with zero attached hydrogens (tertiary/aromatic N) is 1. The third-order valence-corrected chi connectivity index (χ3v) is 20.5. The average Bonchev–Trinajstić information content (AvgIpc) is 2.86. The van der Waals surface area contributed by atoms with E-state index in [-0.39, 0.29) is 12.5 Å². The Bertz CT molecular complexity index is 1500. The highest BCUT2D eigenvalue weighted by Gasteiger charge is 2.38. The lowest BCUT2D eigenvalue weighted by atomic mass is 10.1. The first kappa shape index (κ1) is 49.9. The quantitative estimate of drug-likeness (QED) is 0.127. The molecular weight excluding hydrogens is 834 g/mol. The fourth-order valence-electron chi connectivity index (χ4n) is 3.55. The smallest absolute Gasteiger partial charge is 0.232 e. The third-order valence-electron chi connectivity index (χ3n) is 8.49. The van der Waals surface area contributed by atoms with Crippen LogP contribution in [-0.2, 0) is 34.3 Å². The lowest BCUT2D eigenvalue weighted by molar-refractivity contribution is 0.282. The van der Waals surface area contributed by atoms with Crippen molar-refractivity contribution >= 4 is 83.9 Å². The van der Waals surface area contributed by atoms with E-state index in [0.717, 1.165) is 35.7 Å². The number of benzene rings is 2. The van der Waals surface area contributed by atoms with Gasteiger partial charge in [0.2, 0.25) is 19.1 Å². The predicted molar refractivity (Wildman–Crippen MR) is 222 cm³/mol. The van der Waals surface area contributed by atoms with Crippen molar-refractivity contribution in [1.82, 2.24) is 0 Å². The topological polar surface area (TPSA) is 90.0 Å². The number of anilines is 1. The SMILES string of the molecule is C.CS(=O)(=O)Cl.Cc1cc(CCCO[Si](C)(C)C(C)(C)C)ccc1Br.Cc1cc(N(CCO[Si](C)(C)C(C)(C)C)S(C)(=O)=O)ccc1Br. The van der Waals surface area contributed by atoms with E-state index in [2.05, 4.69) is 135 Å². The minimum absolute atomic E-state index is 0. The largest absolute Gasteiger partial charge is 0.417 e. The van der Waals surface area contributed by atoms with Gasteiger partial charge >= 0.3 is 0 Å². The van der Waals surface area contributed by atoms with Gasteiger partial charge in [0.1, 0.15) is 0 Å². The van der Waals surface area contributed by atoms with Crippen molar-refractivity contribution in [2.75, 3.05) is 36.6 Å². The van der Waals surface area contributed by atoms with Crippen LogP contribution in [0, 0.1) is 13.8 Å². The van der Waals surface area contributed by atoms with Gasteiger partial charge in [-0.15, -0.1) is 0 Å². The van der Waals surface area contributed by atoms with E-state index in [1.807, 2.05) is 25.1 Å². The predicted octanol–water partition coefficient (Wildman–Crippen LogP) is 11.1. The van der Waals surface area contributed by atoms with Crippen LogP contribution in [0.15, 0.2) is 45.3 Å². The van der Waals surface area contributed by atoms with Gasteiger partial charge in [0, 0.05) is 26.2 Å². The molecule has 2 aromatic rings. The molecule has 0 aliphatic rings. The van der Waals surface area contributed by atoms with Gasteiger partial charge < -0.3 is 8.85 Å². The summed E-state index contributed by atoms with van der Waals surface area (Å²) in [5.74, 6) is 0. The molecule has 280 valence electrons. The highest BCUT2D eigenvalue weighted by atomic mass is 79.9. The van der Waals surface area contributed by atoms with Crippen molar-refractivity contribution < 1.29 is 25.7 Å². The first-order chi connectivity index (χ1) is 20.9. The molecular formula is C34H62Br2ClNO6S2Si2. The summed E-state index contributed by atoms with van der Waals surface area (Å²) in [6.07, 6.45) is 4.36. The minimum Gasteiger partial charge on any atom is -0.417 e. The molecule has 0 aliphatic heterocycles. The summed E-state index contributed by atoms with van der Waals surface area (Å²) in [5, 5.41) is 0.415. The van der Waals surface area contributed by atoms with Crippen LogP contribution in [-0.4, -0.2) is 65.7 Å². The number of hydrogen-bond donors (Lipinski definition) is 0. The van der Waals surface area contributed by atoms with Crippen molar-refractivity contribution in [3.63, 3.8) is 0 Å². The van der Waals surface area contributed by atoms with E-state index in [1.54, 1.807) is 0 Å². The van der Waals surface area contributed by atoms with Gasteiger partial charge in [-0.05, 0) is 104 Å². The molecule has 48 heavy (non-hydrogen) atoms. The molecule has 2 rings (SSSR count). The van der Waals surface area contributed by atoms with Crippen LogP contribution in [0.2, 0.25) is 36.3 Å². The monoisotopic (exact) mass is 893 g/mol. The first-order valence-electron chi connectivity index (χ1n) is 15.6. The molecule has 0 fully saturated rings. The Morgan fingerprint density at radius 3 is 1.52 bits per heavy atom. The summed E-state index contributed by atoms with van der Waals surface area (Å²) in [6.45, 7) is 28.0. The Morgan fingerprint density at radius 1 is 0.750 bits per heavy atom. The Labute approximate surface area is 317 Å². The van der Waals surface area contributed by atoms with Gasteiger partial charge in [0.15, 0.2) is 16.6 Å². The van der Waals surface area contributed by atoms with Crippen LogP contribution in [0.25, 0.3) is 0 Å². The van der Waals surface area contributed by atoms with Gasteiger partial charge in [0.05, 0.1) is 31.4 Å². The molecule has 2 aromatic carbocycles. The molecule has 0 aliphatic carbocycles. The molecule has 14 heteroatoms. The Morgan fingerprint density at radius 2 is 1.15 bits per heavy atom. The van der Waals surface area contributed by atoms with E-state index in [1.165, 1.54) is 26.2 Å². The highest BCUT2D eigenvalue weighted by Crippen LogP contribution is 2.37. The molecule has 0 amide bonds. The fraction of sp³-hybridized carbons (Fsp3) is 0.647. The minimum atomic E-state index is -3.35. The number of sulfonamides is 1. The van der Waals surface area contributed by atoms with E-state index >= 15 is 0 Å². The van der Waals surface area contributed by atoms with E-state index < -0.39 is 35.7 Å². The zero-order chi connectivity index (χ0) is 37.2. The Kier molecular flexibility index (Phi) is 20.9. The summed E-state index contributed by atoms with van der Waals surface area (Å²) in [7, 11) is -5.49. The summed E-state index contributed by atoms with van der Waals surface area (Å²) in [4.78, 5) is 0. The highest BCUT2D eigenvalue weighted by molar-refractivity contribution is 9.10. The lowest BCUT2D eigenvalue weighted by Gasteiger charge is -2.36. The number of rotatable bonds is 11. The van der Waals surface area contributed by atoms with E-state index in [0.29, 0.717) is 23.9 Å². The zero-order valence-corrected chi connectivity index (χ0v) is 38.4. The van der Waals surface area contributed by atoms with Crippen molar-refractivity contribution in [2.45, 2.75) is 112 Å². The summed E-state index contributed by atoms with van der Waals surface area (Å²) >= 11 is 6.98. The van der Waals surface area contributed by atoms with Crippen LogP contribution >= 0.6 is 42.5 Å². The second kappa shape index (κ2) is 20.1. The molecule has 0 unspecified atom stereocenters. The van der Waals surface area contributed by atoms with Crippen LogP contribution in [0.3, 0.4) is 0 Å². The van der Waals surface area contributed by atoms with Crippen molar-refractivity contribution in [2.24, 2.45) is 0 Å². The molecule has 0 heterocycles. The molecule has 0 saturated heterocycles. The maximum absolute atomic E-state index is 12.2. The Balaban J connectivity index is 0. The van der Waals surface area contributed by atoms with Crippen LogP contribution in [0.4, 0.5) is 5.69 Å². The molecule has 0 saturated carbocycles. The van der Waals surface area contributed by atoms with Crippen molar-refractivity contribution in [1.29, 1.82) is 0 Å². The van der Waals surface area contributed by atoms with Gasteiger partial charge in [-0.2, -0.15) is 0 Å². The van der Waals surface area contributed by atoms with Gasteiger partial charge in [0.25, 0.3) is 0 Å². The molecule has 0 atom stereocenters. The number of aryl methyl sites for hydroxylation is 3. The average molecular weight is 896 g/mol. The van der Waals surface area contributed by atoms with Gasteiger partial charge in [-0.1, -0.05) is 93.0 Å². The number of halogens is 3. The Hall–Kier alpha value is -0.256. The second-order valence-electron chi connectivity index (χ2n) is 14.9. The molecule has 0 spiro atoms. The fourth-order valence-corrected chi connectivity index (χ4v) is 7.07. The molecule has 7 nitrogen and oxygen atoms in total. The molecule has 0 radical (unpaired) electrons. The van der Waals surface area contributed by atoms with Crippen molar-refractivity contribution in [3.05, 3.63) is 62.0 Å². The number of hydrogen-bond acceptors (Lipinski definition) is 6. The van der Waals surface area contributed by atoms with E-state index in [4.69, 9.17) is 8.85 Å². The van der Waals surface area contributed by atoms with Gasteiger partial charge in [-0.25, -0.2) is 16.8 Å². The van der Waals surface area contributed by atoms with Crippen molar-refractivity contribution in [3.8, 4) is 0 Å². The summed E-state index contributed by atoms with van der Waals surface area (Å²) in [6, 6.07) is 12.2. The molecule has 0 aromatic heterocycles. The van der Waals surface area contributed by atoms with Crippen LogP contribution < -0.4 is 4.31 Å². The first-order valence-corrected chi connectivity index (χ1v) is 27.5. The third kappa shape index (κ3) is 19.4. The standard InChI is InChI=1S/C16H28BrNO3SSi.C16H27BrOSi.CH3ClO2S.CH4/c1-13-12-14(8-9-15(13)17)18(22(5,19)20)10-11-21-23(6,7)16(2,3)4;1-13-12-14(9-10-15(13)17)8-7-11-18-19(5,6)16(2,3)4;1-5(2,3)4;/h8-9,12H,10-11H2,1-7H3;9-10,12H,7-8,11H2,1-6H3;1H3;1H4. The van der Waals surface area contributed by atoms with Crippen LogP contribution in [0.5, 0.6) is 0 Å².